The van der Waals surface area contributed by atoms with E-state index in [2.05, 4.69) is 6.26 Å². The van der Waals surface area contributed by atoms with Crippen LogP contribution in [0.2, 0.25) is 0 Å². The number of hydrogen-bond donors (Lipinski definition) is 0. The Hall–Kier alpha value is -0.500. The van der Waals surface area contributed by atoms with Crippen LogP contribution in [0.3, 0.4) is 0 Å². The van der Waals surface area contributed by atoms with Gasteiger partial charge in [-0.1, -0.05) is 11.8 Å². The summed E-state index contributed by atoms with van der Waals surface area (Å²) in [4.78, 5) is 20.6. The second-order valence-electron chi connectivity index (χ2n) is 6.68. The van der Waals surface area contributed by atoms with Gasteiger partial charge >= 0.3 is 0 Å². The normalized spacial score (nSPS) is 20.3. The van der Waals surface area contributed by atoms with Crippen molar-refractivity contribution in [2.45, 2.75) is 56.3 Å². The average Bonchev–Trinajstić information content (AvgIpc) is 3.25. The van der Waals surface area contributed by atoms with Gasteiger partial charge in [-0.25, -0.2) is 4.98 Å². The van der Waals surface area contributed by atoms with Crippen LogP contribution < -0.4 is 5.56 Å². The maximum atomic E-state index is 13.4. The second-order valence-corrected chi connectivity index (χ2v) is 9.81. The van der Waals surface area contributed by atoms with Crippen LogP contribution in [0, 0.1) is 0 Å². The fraction of sp³-hybridized carbons (Fsp3) is 0.667. The summed E-state index contributed by atoms with van der Waals surface area (Å²) >= 11 is 5.29. The maximum absolute atomic E-state index is 13.4. The molecule has 1 atom stereocenters. The van der Waals surface area contributed by atoms with E-state index in [0.29, 0.717) is 6.54 Å². The van der Waals surface area contributed by atoms with Crippen molar-refractivity contribution in [3.63, 3.8) is 0 Å². The van der Waals surface area contributed by atoms with Crippen LogP contribution in [0.25, 0.3) is 10.2 Å². The Labute approximate surface area is 160 Å². The minimum atomic E-state index is 0.159. The SMILES string of the molecule is CSCCSc1nc2sc3c(c2c(=O)n1C[C@H]1CCCO1)CCCC3. The molecule has 2 aromatic heterocycles. The molecular weight excluding hydrogens is 372 g/mol. The van der Waals surface area contributed by atoms with Crippen molar-refractivity contribution in [3.05, 3.63) is 20.8 Å². The van der Waals surface area contributed by atoms with Crippen LogP contribution in [-0.2, 0) is 24.1 Å². The van der Waals surface area contributed by atoms with Crippen molar-refractivity contribution in [2.75, 3.05) is 24.4 Å². The zero-order chi connectivity index (χ0) is 17.2. The van der Waals surface area contributed by atoms with E-state index in [9.17, 15) is 4.79 Å². The molecule has 0 saturated carbocycles. The third-order valence-electron chi connectivity index (χ3n) is 4.97. The number of nitrogens with zero attached hydrogens (tertiary/aromatic N) is 2. The number of hydrogen-bond acceptors (Lipinski definition) is 6. The van der Waals surface area contributed by atoms with Crippen LogP contribution in [0.1, 0.15) is 36.1 Å². The number of ether oxygens (including phenoxy) is 1. The van der Waals surface area contributed by atoms with Crippen molar-refractivity contribution in [2.24, 2.45) is 0 Å². The summed E-state index contributed by atoms with van der Waals surface area (Å²) in [5.41, 5.74) is 1.44. The Balaban J connectivity index is 1.77. The minimum absolute atomic E-state index is 0.159. The number of rotatable bonds is 6. The molecule has 1 saturated heterocycles. The lowest BCUT2D eigenvalue weighted by molar-refractivity contribution is 0.0937. The van der Waals surface area contributed by atoms with Crippen molar-refractivity contribution in [1.82, 2.24) is 9.55 Å². The fourth-order valence-corrected chi connectivity index (χ4v) is 6.66. The Morgan fingerprint density at radius 3 is 2.96 bits per heavy atom. The van der Waals surface area contributed by atoms with Crippen molar-refractivity contribution >= 4 is 45.1 Å². The van der Waals surface area contributed by atoms with Crippen molar-refractivity contribution < 1.29 is 4.74 Å². The largest absolute Gasteiger partial charge is 0.376 e. The number of aromatic nitrogens is 2. The predicted octanol–water partition coefficient (Wildman–Crippen LogP) is 3.97. The van der Waals surface area contributed by atoms with Gasteiger partial charge in [-0.05, 0) is 50.3 Å². The first-order chi connectivity index (χ1) is 12.3. The van der Waals surface area contributed by atoms with Gasteiger partial charge in [0.15, 0.2) is 5.16 Å². The molecule has 4 rings (SSSR count). The Kier molecular flexibility index (Phi) is 5.74. The summed E-state index contributed by atoms with van der Waals surface area (Å²) in [6.45, 7) is 1.46. The zero-order valence-electron chi connectivity index (χ0n) is 14.6. The van der Waals surface area contributed by atoms with E-state index in [1.54, 1.807) is 23.1 Å². The molecule has 1 fully saturated rings. The highest BCUT2D eigenvalue weighted by Crippen LogP contribution is 2.35. The summed E-state index contributed by atoms with van der Waals surface area (Å²) in [6, 6.07) is 0. The highest BCUT2D eigenvalue weighted by atomic mass is 32.2. The molecule has 2 aromatic rings. The lowest BCUT2D eigenvalue weighted by atomic mass is 9.97. The Morgan fingerprint density at radius 2 is 2.16 bits per heavy atom. The van der Waals surface area contributed by atoms with E-state index in [1.165, 1.54) is 23.3 Å². The first-order valence-electron chi connectivity index (χ1n) is 9.06. The van der Waals surface area contributed by atoms with Crippen LogP contribution in [0.4, 0.5) is 0 Å². The Morgan fingerprint density at radius 1 is 1.28 bits per heavy atom. The number of fused-ring (bicyclic) bond motifs is 3. The number of thiophene rings is 1. The summed E-state index contributed by atoms with van der Waals surface area (Å²) in [5.74, 6) is 2.05. The van der Waals surface area contributed by atoms with Gasteiger partial charge < -0.3 is 4.74 Å². The maximum Gasteiger partial charge on any atom is 0.263 e. The van der Waals surface area contributed by atoms with Gasteiger partial charge in [0.1, 0.15) is 4.83 Å². The molecule has 0 spiro atoms. The third-order valence-corrected chi connectivity index (χ3v) is 8.00. The molecule has 1 aliphatic carbocycles. The van der Waals surface area contributed by atoms with E-state index in [4.69, 9.17) is 9.72 Å². The van der Waals surface area contributed by atoms with E-state index in [1.807, 2.05) is 16.3 Å². The van der Waals surface area contributed by atoms with Crippen LogP contribution in [-0.4, -0.2) is 40.0 Å². The molecule has 0 bridgehead atoms. The lowest BCUT2D eigenvalue weighted by Gasteiger charge is -2.16. The van der Waals surface area contributed by atoms with Gasteiger partial charge in [-0.3, -0.25) is 9.36 Å². The molecule has 4 nitrogen and oxygen atoms in total. The minimum Gasteiger partial charge on any atom is -0.376 e. The third kappa shape index (κ3) is 3.66. The monoisotopic (exact) mass is 396 g/mol. The van der Waals surface area contributed by atoms with Gasteiger partial charge in [0, 0.05) is 23.0 Å². The molecule has 3 heterocycles. The van der Waals surface area contributed by atoms with E-state index < -0.39 is 0 Å². The highest BCUT2D eigenvalue weighted by molar-refractivity contribution is 8.02. The van der Waals surface area contributed by atoms with Gasteiger partial charge in [0.2, 0.25) is 0 Å². The summed E-state index contributed by atoms with van der Waals surface area (Å²) < 4.78 is 7.71. The molecule has 25 heavy (non-hydrogen) atoms. The number of aryl methyl sites for hydroxylation is 2. The van der Waals surface area contributed by atoms with Crippen molar-refractivity contribution in [1.29, 1.82) is 0 Å². The van der Waals surface area contributed by atoms with Crippen molar-refractivity contribution in [3.8, 4) is 0 Å². The Bertz CT molecular complexity index is 809. The molecule has 0 amide bonds. The van der Waals surface area contributed by atoms with Gasteiger partial charge in [-0.15, -0.1) is 11.3 Å². The first kappa shape index (κ1) is 17.9. The molecule has 0 radical (unpaired) electrons. The van der Waals surface area contributed by atoms with Gasteiger partial charge in [0.25, 0.3) is 5.56 Å². The molecule has 136 valence electrons. The topological polar surface area (TPSA) is 44.1 Å². The predicted molar refractivity (Wildman–Crippen MR) is 109 cm³/mol. The summed E-state index contributed by atoms with van der Waals surface area (Å²) in [7, 11) is 0. The van der Waals surface area contributed by atoms with Crippen LogP contribution >= 0.6 is 34.9 Å². The number of thioether (sulfide) groups is 2. The molecule has 0 unspecified atom stereocenters. The molecule has 7 heteroatoms. The molecule has 0 N–H and O–H groups in total. The summed E-state index contributed by atoms with van der Waals surface area (Å²) in [5, 5.41) is 1.77. The lowest BCUT2D eigenvalue weighted by Crippen LogP contribution is -2.29. The standard InChI is InChI=1S/C18H24N2O2S3/c1-23-9-10-24-18-19-16-15(13-6-2-3-7-14(13)25-16)17(21)20(18)11-12-5-4-8-22-12/h12H,2-11H2,1H3/t12-/m1/s1. The molecule has 1 aliphatic heterocycles. The molecular formula is C18H24N2O2S3. The smallest absolute Gasteiger partial charge is 0.263 e. The zero-order valence-corrected chi connectivity index (χ0v) is 17.0. The van der Waals surface area contributed by atoms with E-state index in [-0.39, 0.29) is 11.7 Å². The second kappa shape index (κ2) is 8.03. The van der Waals surface area contributed by atoms with Gasteiger partial charge in [0.05, 0.1) is 18.0 Å². The highest BCUT2D eigenvalue weighted by Gasteiger charge is 2.24. The average molecular weight is 397 g/mol. The molecule has 2 aliphatic rings. The molecule has 0 aromatic carbocycles. The van der Waals surface area contributed by atoms with Crippen LogP contribution in [0.15, 0.2) is 9.95 Å². The fourth-order valence-electron chi connectivity index (χ4n) is 3.70. The van der Waals surface area contributed by atoms with Gasteiger partial charge in [-0.2, -0.15) is 11.8 Å². The van der Waals surface area contributed by atoms with E-state index in [0.717, 1.165) is 59.2 Å². The van der Waals surface area contributed by atoms with E-state index >= 15 is 0 Å². The first-order valence-corrected chi connectivity index (χ1v) is 12.3. The van der Waals surface area contributed by atoms with Crippen LogP contribution in [0.5, 0.6) is 0 Å². The quantitative estimate of drug-likeness (QED) is 0.420. The summed E-state index contributed by atoms with van der Waals surface area (Å²) in [6.07, 6.45) is 8.98.